The quantitative estimate of drug-likeness (QED) is 0.170. The van der Waals surface area contributed by atoms with Gasteiger partial charge in [-0.15, -0.1) is 0 Å². The molecule has 2 amide bonds. The van der Waals surface area contributed by atoms with Crippen LogP contribution in [-0.2, 0) is 41.5 Å². The van der Waals surface area contributed by atoms with E-state index in [2.05, 4.69) is 20.3 Å². The van der Waals surface area contributed by atoms with Gasteiger partial charge in [0.25, 0.3) is 0 Å². The molecule has 0 unspecified atom stereocenters. The molecule has 278 valence electrons. The third kappa shape index (κ3) is 9.10. The van der Waals surface area contributed by atoms with E-state index in [9.17, 15) is 19.2 Å². The van der Waals surface area contributed by atoms with Gasteiger partial charge in [0.15, 0.2) is 0 Å². The van der Waals surface area contributed by atoms with Gasteiger partial charge < -0.3 is 14.8 Å². The van der Waals surface area contributed by atoms with Crippen LogP contribution in [0.3, 0.4) is 0 Å². The first-order chi connectivity index (χ1) is 25.3. The second-order valence-electron chi connectivity index (χ2n) is 13.0. The Bertz CT molecular complexity index is 2200. The minimum atomic E-state index is -0.326. The first-order valence-corrected chi connectivity index (χ1v) is 20.0. The summed E-state index contributed by atoms with van der Waals surface area (Å²) in [6, 6.07) is 7.83. The Morgan fingerprint density at radius 3 is 2.17 bits per heavy atom. The maximum absolute atomic E-state index is 13.1. The number of nitrogens with one attached hydrogen (secondary N) is 3. The van der Waals surface area contributed by atoms with Crippen LogP contribution in [0.4, 0.5) is 0 Å². The molecule has 1 saturated heterocycles. The summed E-state index contributed by atoms with van der Waals surface area (Å²) in [7, 11) is 2.74. The SMILES string of the molecule is C/C=C1/C(=C/c2[nH]c(/C=c3\[nH]/c(=C\C4=NC(=O)C(CC[Se]c5ccc(Cl)cc5)=C4C)c(C)c3CCC(=O)OC)c(CCC(=O)OC)c2C)NC(=O)[C@@H]1C. The third-order valence-electron chi connectivity index (χ3n) is 9.87. The van der Waals surface area contributed by atoms with Crippen LogP contribution in [0, 0.1) is 19.8 Å². The zero-order chi connectivity index (χ0) is 38.4. The molecule has 2 aliphatic heterocycles. The van der Waals surface area contributed by atoms with Crippen molar-refractivity contribution in [3.8, 4) is 0 Å². The molecule has 1 atom stereocenters. The van der Waals surface area contributed by atoms with Crippen LogP contribution >= 0.6 is 11.6 Å². The van der Waals surface area contributed by atoms with E-state index in [1.807, 2.05) is 83.2 Å². The van der Waals surface area contributed by atoms with Gasteiger partial charge in [-0.1, -0.05) is 6.08 Å². The number of H-pyrrole nitrogens is 2. The molecule has 10 nitrogen and oxygen atoms in total. The fourth-order valence-corrected chi connectivity index (χ4v) is 8.60. The van der Waals surface area contributed by atoms with Gasteiger partial charge in [0.05, 0.1) is 20.1 Å². The number of amides is 2. The fraction of sp³-hybridized carbons (Fsp3) is 0.341. The van der Waals surface area contributed by atoms with E-state index in [-0.39, 0.29) is 57.5 Å². The predicted octanol–water partition coefficient (Wildman–Crippen LogP) is 4.62. The number of methoxy groups -OCH3 is 2. The van der Waals surface area contributed by atoms with E-state index < -0.39 is 0 Å². The molecule has 5 rings (SSSR count). The minimum Gasteiger partial charge on any atom is -0.469 e. The molecule has 2 aromatic heterocycles. The first kappa shape index (κ1) is 39.5. The maximum atomic E-state index is 13.1. The van der Waals surface area contributed by atoms with Gasteiger partial charge >= 0.3 is 198 Å². The van der Waals surface area contributed by atoms with E-state index in [0.29, 0.717) is 30.0 Å². The molecule has 0 saturated carbocycles. The van der Waals surface area contributed by atoms with Crippen molar-refractivity contribution in [3.05, 3.63) is 102 Å². The predicted molar refractivity (Wildman–Crippen MR) is 209 cm³/mol. The van der Waals surface area contributed by atoms with Crippen LogP contribution in [0.25, 0.3) is 18.2 Å². The summed E-state index contributed by atoms with van der Waals surface area (Å²) in [6.07, 6.45) is 9.58. The smallest absolute Gasteiger partial charge is 0.469 e. The number of aromatic amines is 2. The van der Waals surface area contributed by atoms with E-state index >= 15 is 0 Å². The van der Waals surface area contributed by atoms with Crippen LogP contribution < -0.4 is 20.5 Å². The van der Waals surface area contributed by atoms with Gasteiger partial charge in [-0.25, -0.2) is 0 Å². The molecule has 53 heavy (non-hydrogen) atoms. The van der Waals surface area contributed by atoms with E-state index in [4.69, 9.17) is 21.1 Å². The van der Waals surface area contributed by atoms with Crippen LogP contribution in [0.15, 0.2) is 57.8 Å². The average molecular weight is 804 g/mol. The number of rotatable bonds is 13. The second kappa shape index (κ2) is 17.4. The van der Waals surface area contributed by atoms with Crippen molar-refractivity contribution in [1.29, 1.82) is 0 Å². The molecule has 1 aromatic carbocycles. The number of hydrogen-bond acceptors (Lipinski definition) is 6. The molecular weight excluding hydrogens is 759 g/mol. The number of aliphatic imine (C=N–C) groups is 1. The van der Waals surface area contributed by atoms with E-state index in [0.717, 1.165) is 72.1 Å². The van der Waals surface area contributed by atoms with Crippen LogP contribution in [0.1, 0.15) is 73.7 Å². The number of hydrogen-bond donors (Lipinski definition) is 3. The molecular formula is C41H45ClN4O6Se. The molecule has 12 heteroatoms. The number of carbonyl (C=O) groups is 4. The van der Waals surface area contributed by atoms with Crippen LogP contribution in [0.2, 0.25) is 10.3 Å². The Hall–Kier alpha value is -4.70. The molecule has 3 N–H and O–H groups in total. The Kier molecular flexibility index (Phi) is 13.0. The Morgan fingerprint density at radius 2 is 1.53 bits per heavy atom. The number of aromatic nitrogens is 2. The minimum absolute atomic E-state index is 0.0586. The normalized spacial score (nSPS) is 18.1. The van der Waals surface area contributed by atoms with Gasteiger partial charge in [0.2, 0.25) is 5.91 Å². The van der Waals surface area contributed by atoms with Crippen molar-refractivity contribution in [2.75, 3.05) is 14.2 Å². The molecule has 0 spiro atoms. The molecule has 2 aliphatic rings. The number of carbonyl (C=O) groups excluding carboxylic acids is 4. The second-order valence-corrected chi connectivity index (χ2v) is 15.9. The summed E-state index contributed by atoms with van der Waals surface area (Å²) >= 11 is 6.23. The topological polar surface area (TPSA) is 143 Å². The summed E-state index contributed by atoms with van der Waals surface area (Å²) in [5, 5.41) is 6.10. The van der Waals surface area contributed by atoms with Gasteiger partial charge in [0, 0.05) is 17.8 Å². The van der Waals surface area contributed by atoms with Gasteiger partial charge in [-0.2, -0.15) is 0 Å². The summed E-state index contributed by atoms with van der Waals surface area (Å²) < 4.78 is 11.1. The van der Waals surface area contributed by atoms with Crippen LogP contribution in [-0.4, -0.2) is 68.6 Å². The molecule has 4 heterocycles. The summed E-state index contributed by atoms with van der Waals surface area (Å²) in [4.78, 5) is 61.6. The number of esters is 2. The van der Waals surface area contributed by atoms with E-state index in [1.165, 1.54) is 18.7 Å². The number of allylic oxidation sites excluding steroid dienone is 3. The van der Waals surface area contributed by atoms with Gasteiger partial charge in [-0.3, -0.25) is 14.4 Å². The Morgan fingerprint density at radius 1 is 0.868 bits per heavy atom. The van der Waals surface area contributed by atoms with Crippen LogP contribution in [0.5, 0.6) is 0 Å². The van der Waals surface area contributed by atoms with Crippen molar-refractivity contribution in [1.82, 2.24) is 15.3 Å². The summed E-state index contributed by atoms with van der Waals surface area (Å²) in [6.45, 7) is 9.69. The standard InChI is InChI=1S/C41H45ClN4O6Se/c1-8-28-25(5)40(49)46-35(28)20-33-23(3)30(14-16-39(48)52-7)37(44-33)21-36-29(13-15-38(47)51-6)22(2)32(43-36)19-34-24(4)31(41(50)45-34)17-18-53-27-11-9-26(42)10-12-27/h8-12,19-21,25,43-44H,13-18H2,1-7H3,(H,46,49)/b28-8+,32-19-,35-20-,36-21-/t25-/m1/s1. The van der Waals surface area contributed by atoms with E-state index in [1.54, 1.807) is 0 Å². The van der Waals surface area contributed by atoms with Gasteiger partial charge in [-0.05, 0) is 44.4 Å². The molecule has 0 radical (unpaired) electrons. The molecule has 0 bridgehead atoms. The Balaban J connectivity index is 1.56. The van der Waals surface area contributed by atoms with Crippen molar-refractivity contribution in [2.45, 2.75) is 72.0 Å². The molecule has 1 fully saturated rings. The number of ether oxygens (including phenoxy) is 2. The molecule has 0 aliphatic carbocycles. The molecule has 3 aromatic rings. The van der Waals surface area contributed by atoms with Gasteiger partial charge in [0.1, 0.15) is 0 Å². The zero-order valence-electron chi connectivity index (χ0n) is 31.1. The van der Waals surface area contributed by atoms with Crippen molar-refractivity contribution < 1.29 is 28.7 Å². The Labute approximate surface area is 320 Å². The fourth-order valence-electron chi connectivity index (χ4n) is 6.65. The third-order valence-corrected chi connectivity index (χ3v) is 12.2. The average Bonchev–Trinajstić information content (AvgIpc) is 3.79. The van der Waals surface area contributed by atoms with Crippen molar-refractivity contribution in [2.24, 2.45) is 10.9 Å². The number of nitrogens with zero attached hydrogens (tertiary/aromatic N) is 1. The van der Waals surface area contributed by atoms with Crippen molar-refractivity contribution in [3.63, 3.8) is 0 Å². The number of benzene rings is 1. The summed E-state index contributed by atoms with van der Waals surface area (Å²) in [5.41, 5.74) is 9.11. The van der Waals surface area contributed by atoms with Crippen molar-refractivity contribution >= 4 is 78.7 Å². The summed E-state index contributed by atoms with van der Waals surface area (Å²) in [5.74, 6) is -1.18. The monoisotopic (exact) mass is 804 g/mol. The first-order valence-electron chi connectivity index (χ1n) is 17.5. The zero-order valence-corrected chi connectivity index (χ0v) is 33.6. The number of halogens is 1.